The lowest BCUT2D eigenvalue weighted by atomic mass is 10.3. The molecule has 1 aromatic rings. The van der Waals surface area contributed by atoms with E-state index in [1.807, 2.05) is 0 Å². The van der Waals surface area contributed by atoms with Gasteiger partial charge in [0.15, 0.2) is 0 Å². The van der Waals surface area contributed by atoms with E-state index in [2.05, 4.69) is 13.9 Å². The summed E-state index contributed by atoms with van der Waals surface area (Å²) >= 11 is 0. The van der Waals surface area contributed by atoms with Crippen molar-refractivity contribution in [3.8, 4) is 5.88 Å². The van der Waals surface area contributed by atoms with Crippen molar-refractivity contribution in [1.29, 1.82) is 0 Å². The fourth-order valence-corrected chi connectivity index (χ4v) is 1.27. The van der Waals surface area contributed by atoms with E-state index in [1.54, 1.807) is 0 Å². The lowest BCUT2D eigenvalue weighted by molar-refractivity contribution is -0.0501. The van der Waals surface area contributed by atoms with E-state index < -0.39 is 27.5 Å². The first-order valence-electron chi connectivity index (χ1n) is 4.22. The van der Waals surface area contributed by atoms with Gasteiger partial charge in [-0.05, 0) is 6.07 Å². The van der Waals surface area contributed by atoms with Crippen LogP contribution in [0.15, 0.2) is 18.3 Å². The molecule has 1 heterocycles. The molecule has 0 unspecified atom stereocenters. The van der Waals surface area contributed by atoms with Gasteiger partial charge in [-0.15, -0.1) is 0 Å². The normalized spacial score (nSPS) is 12.0. The average molecular weight is 285 g/mol. The lowest BCUT2D eigenvalue weighted by Gasteiger charge is -2.08. The van der Waals surface area contributed by atoms with Gasteiger partial charge < -0.3 is 8.92 Å². The van der Waals surface area contributed by atoms with Gasteiger partial charge >= 0.3 is 21.6 Å². The monoisotopic (exact) mass is 285 g/mol. The van der Waals surface area contributed by atoms with Crippen LogP contribution >= 0.6 is 0 Å². The highest BCUT2D eigenvalue weighted by Crippen LogP contribution is 2.26. The van der Waals surface area contributed by atoms with Gasteiger partial charge in [0.2, 0.25) is 5.88 Å². The zero-order valence-electron chi connectivity index (χ0n) is 8.76. The second-order valence-corrected chi connectivity index (χ2v) is 4.40. The summed E-state index contributed by atoms with van der Waals surface area (Å²) < 4.78 is 65.4. The Kier molecular flexibility index (Phi) is 3.79. The number of pyridine rings is 1. The number of rotatable bonds is 3. The molecule has 0 N–H and O–H groups in total. The predicted molar refractivity (Wildman–Crippen MR) is 51.2 cm³/mol. The van der Waals surface area contributed by atoms with Crippen LogP contribution in [0.4, 0.5) is 13.2 Å². The van der Waals surface area contributed by atoms with E-state index in [9.17, 15) is 26.4 Å². The summed E-state index contributed by atoms with van der Waals surface area (Å²) in [6.45, 7) is 0. The van der Waals surface area contributed by atoms with Crippen LogP contribution in [0.1, 0.15) is 10.4 Å². The Morgan fingerprint density at radius 1 is 1.39 bits per heavy atom. The Balaban J connectivity index is 3.04. The minimum Gasteiger partial charge on any atom is -0.465 e. The maximum Gasteiger partial charge on any atom is 0.534 e. The fraction of sp³-hybridized carbons (Fsp3) is 0.250. The van der Waals surface area contributed by atoms with E-state index in [1.165, 1.54) is 0 Å². The second-order valence-electron chi connectivity index (χ2n) is 2.86. The smallest absolute Gasteiger partial charge is 0.465 e. The molecule has 0 bridgehead atoms. The standard InChI is InChI=1S/C8H6F3NO5S/c1-16-7(13)5-2-3-12-6(4-5)17-18(14,15)8(9,10)11/h2-4H,1H3. The van der Waals surface area contributed by atoms with E-state index in [-0.39, 0.29) is 5.56 Å². The van der Waals surface area contributed by atoms with E-state index >= 15 is 0 Å². The third-order valence-corrected chi connectivity index (χ3v) is 2.59. The molecule has 0 fully saturated rings. The molecule has 0 aromatic carbocycles. The van der Waals surface area contributed by atoms with E-state index in [4.69, 9.17) is 0 Å². The quantitative estimate of drug-likeness (QED) is 0.470. The molecule has 0 saturated heterocycles. The lowest BCUT2D eigenvalue weighted by Crippen LogP contribution is -2.28. The number of nitrogens with zero attached hydrogens (tertiary/aromatic N) is 1. The van der Waals surface area contributed by atoms with Crippen LogP contribution in [-0.4, -0.2) is 32.0 Å². The molecule has 0 atom stereocenters. The zero-order valence-corrected chi connectivity index (χ0v) is 9.58. The van der Waals surface area contributed by atoms with Crippen molar-refractivity contribution in [2.24, 2.45) is 0 Å². The summed E-state index contributed by atoms with van der Waals surface area (Å²) in [6.07, 6.45) is 0.910. The molecule has 100 valence electrons. The maximum absolute atomic E-state index is 12.0. The maximum atomic E-state index is 12.0. The summed E-state index contributed by atoms with van der Waals surface area (Å²) in [5.74, 6) is -1.75. The van der Waals surface area contributed by atoms with Crippen molar-refractivity contribution >= 4 is 16.1 Å². The number of carbonyl (C=O) groups is 1. The molecule has 0 spiro atoms. The molecular formula is C8H6F3NO5S. The van der Waals surface area contributed by atoms with Crippen LogP contribution in [0.25, 0.3) is 0 Å². The molecule has 0 aliphatic carbocycles. The molecule has 18 heavy (non-hydrogen) atoms. The molecule has 0 saturated carbocycles. The Hall–Kier alpha value is -1.84. The highest BCUT2D eigenvalue weighted by Gasteiger charge is 2.48. The first-order valence-corrected chi connectivity index (χ1v) is 5.63. The van der Waals surface area contributed by atoms with E-state index in [0.717, 1.165) is 25.4 Å². The van der Waals surface area contributed by atoms with E-state index in [0.29, 0.717) is 0 Å². The number of hydrogen-bond donors (Lipinski definition) is 0. The van der Waals surface area contributed by atoms with Crippen LogP contribution in [0.3, 0.4) is 0 Å². The topological polar surface area (TPSA) is 82.6 Å². The molecular weight excluding hydrogens is 279 g/mol. The van der Waals surface area contributed by atoms with Crippen LogP contribution in [0, 0.1) is 0 Å². The largest absolute Gasteiger partial charge is 0.534 e. The summed E-state index contributed by atoms with van der Waals surface area (Å²) in [5.41, 5.74) is -5.77. The first kappa shape index (κ1) is 14.2. The molecule has 0 radical (unpaired) electrons. The van der Waals surface area contributed by atoms with Gasteiger partial charge in [0.1, 0.15) is 0 Å². The van der Waals surface area contributed by atoms with Gasteiger partial charge in [-0.3, -0.25) is 0 Å². The summed E-state index contributed by atoms with van der Waals surface area (Å²) in [6, 6.07) is 1.84. The summed E-state index contributed by atoms with van der Waals surface area (Å²) in [4.78, 5) is 14.3. The Bertz CT molecular complexity index is 554. The van der Waals surface area contributed by atoms with Crippen LogP contribution < -0.4 is 4.18 Å². The van der Waals surface area contributed by atoms with Crippen LogP contribution in [0.2, 0.25) is 0 Å². The number of aromatic nitrogens is 1. The van der Waals surface area contributed by atoms with Crippen molar-refractivity contribution in [2.75, 3.05) is 7.11 Å². The number of hydrogen-bond acceptors (Lipinski definition) is 6. The zero-order chi connectivity index (χ0) is 14.0. The minimum atomic E-state index is -5.81. The number of carbonyl (C=O) groups excluding carboxylic acids is 1. The predicted octanol–water partition coefficient (Wildman–Crippen LogP) is 1.10. The molecule has 0 amide bonds. The van der Waals surface area contributed by atoms with Gasteiger partial charge in [-0.1, -0.05) is 0 Å². The SMILES string of the molecule is COC(=O)c1ccnc(OS(=O)(=O)C(F)(F)F)c1. The number of methoxy groups -OCH3 is 1. The second kappa shape index (κ2) is 4.80. The Morgan fingerprint density at radius 2 is 2.00 bits per heavy atom. The third kappa shape index (κ3) is 3.09. The van der Waals surface area contributed by atoms with Gasteiger partial charge in [0.05, 0.1) is 12.7 Å². The third-order valence-electron chi connectivity index (χ3n) is 1.63. The molecule has 1 rings (SSSR count). The average Bonchev–Trinajstić information content (AvgIpc) is 2.26. The molecule has 10 heteroatoms. The van der Waals surface area contributed by atoms with Crippen molar-refractivity contribution < 1.29 is 35.3 Å². The molecule has 0 aliphatic heterocycles. The van der Waals surface area contributed by atoms with Crippen molar-refractivity contribution in [3.05, 3.63) is 23.9 Å². The number of halogens is 3. The number of esters is 1. The number of alkyl halides is 3. The molecule has 1 aromatic heterocycles. The van der Waals surface area contributed by atoms with Crippen molar-refractivity contribution in [1.82, 2.24) is 4.98 Å². The Labute approximate surface area is 99.5 Å². The van der Waals surface area contributed by atoms with Gasteiger partial charge in [-0.2, -0.15) is 21.6 Å². The van der Waals surface area contributed by atoms with Crippen LogP contribution in [0.5, 0.6) is 5.88 Å². The van der Waals surface area contributed by atoms with Gasteiger partial charge in [0, 0.05) is 12.3 Å². The minimum absolute atomic E-state index is 0.195. The first-order chi connectivity index (χ1) is 8.17. The highest BCUT2D eigenvalue weighted by atomic mass is 32.2. The summed E-state index contributed by atoms with van der Waals surface area (Å²) in [5, 5.41) is 0. The summed E-state index contributed by atoms with van der Waals surface area (Å²) in [7, 11) is -4.76. The van der Waals surface area contributed by atoms with Gasteiger partial charge in [0.25, 0.3) is 0 Å². The molecule has 0 aliphatic rings. The van der Waals surface area contributed by atoms with Crippen molar-refractivity contribution in [3.63, 3.8) is 0 Å². The fourth-order valence-electron chi connectivity index (χ4n) is 0.859. The Morgan fingerprint density at radius 3 is 2.50 bits per heavy atom. The molecule has 6 nitrogen and oxygen atoms in total. The van der Waals surface area contributed by atoms with Crippen molar-refractivity contribution in [2.45, 2.75) is 5.51 Å². The number of ether oxygens (including phenoxy) is 1. The highest BCUT2D eigenvalue weighted by molar-refractivity contribution is 7.87. The van der Waals surface area contributed by atoms with Gasteiger partial charge in [-0.25, -0.2) is 9.78 Å². The van der Waals surface area contributed by atoms with Crippen LogP contribution in [-0.2, 0) is 14.9 Å².